The lowest BCUT2D eigenvalue weighted by molar-refractivity contribution is -0.135. The predicted molar refractivity (Wildman–Crippen MR) is 97.2 cm³/mol. The van der Waals surface area contributed by atoms with Crippen molar-refractivity contribution < 1.29 is 19.1 Å². The maximum Gasteiger partial charge on any atom is 0.345 e. The van der Waals surface area contributed by atoms with Gasteiger partial charge in [-0.2, -0.15) is 0 Å². The molecule has 0 saturated carbocycles. The zero-order valence-corrected chi connectivity index (χ0v) is 13.8. The average Bonchev–Trinajstić information content (AvgIpc) is 2.95. The minimum Gasteiger partial charge on any atom is -0.390 e. The fourth-order valence-electron chi connectivity index (χ4n) is 3.01. The number of nitrogens with one attached hydrogen (secondary N) is 2. The molecule has 0 saturated heterocycles. The Morgan fingerprint density at radius 1 is 0.962 bits per heavy atom. The number of allylic oxidation sites excluding steroid dienone is 1. The van der Waals surface area contributed by atoms with Crippen LogP contribution >= 0.6 is 0 Å². The Kier molecular flexibility index (Phi) is 3.65. The third kappa shape index (κ3) is 2.67. The van der Waals surface area contributed by atoms with E-state index in [1.165, 1.54) is 6.07 Å². The molecule has 0 bridgehead atoms. The van der Waals surface area contributed by atoms with Gasteiger partial charge in [-0.15, -0.1) is 0 Å². The van der Waals surface area contributed by atoms with E-state index in [0.717, 1.165) is 18.2 Å². The van der Waals surface area contributed by atoms with Gasteiger partial charge >= 0.3 is 11.9 Å². The van der Waals surface area contributed by atoms with Crippen LogP contribution in [0, 0.1) is 0 Å². The first-order valence-electron chi connectivity index (χ1n) is 8.00. The molecular formula is C20H14N2O4. The van der Waals surface area contributed by atoms with Crippen molar-refractivity contribution in [3.8, 4) is 0 Å². The molecule has 4 rings (SSSR count). The molecule has 0 unspecified atom stereocenters. The molecule has 2 heterocycles. The number of esters is 2. The molecule has 0 aromatic heterocycles. The number of amides is 1. The van der Waals surface area contributed by atoms with Crippen LogP contribution in [0.5, 0.6) is 0 Å². The maximum atomic E-state index is 12.5. The number of hydrogen-bond acceptors (Lipinski definition) is 5. The van der Waals surface area contributed by atoms with E-state index >= 15 is 0 Å². The molecule has 6 heteroatoms. The molecule has 26 heavy (non-hydrogen) atoms. The Balaban J connectivity index is 1.78. The highest BCUT2D eigenvalue weighted by molar-refractivity contribution is 6.33. The van der Waals surface area contributed by atoms with Gasteiger partial charge in [0.25, 0.3) is 5.91 Å². The van der Waals surface area contributed by atoms with Crippen LogP contribution in [0.15, 0.2) is 54.2 Å². The van der Waals surface area contributed by atoms with Gasteiger partial charge in [0.15, 0.2) is 0 Å². The highest BCUT2D eigenvalue weighted by Crippen LogP contribution is 2.37. The Labute approximate surface area is 149 Å². The summed E-state index contributed by atoms with van der Waals surface area (Å²) in [5.41, 5.74) is 4.37. The van der Waals surface area contributed by atoms with Crippen LogP contribution in [0.1, 0.15) is 28.4 Å². The molecular weight excluding hydrogens is 332 g/mol. The topological polar surface area (TPSA) is 84.5 Å². The van der Waals surface area contributed by atoms with Gasteiger partial charge in [0, 0.05) is 23.9 Å². The second kappa shape index (κ2) is 6.00. The Hall–Kier alpha value is -3.67. The van der Waals surface area contributed by atoms with E-state index < -0.39 is 11.9 Å². The molecule has 0 atom stereocenters. The highest BCUT2D eigenvalue weighted by atomic mass is 16.6. The molecule has 0 radical (unpaired) electrons. The molecule has 2 aromatic carbocycles. The summed E-state index contributed by atoms with van der Waals surface area (Å²) in [6.45, 7) is 1.16. The normalized spacial score (nSPS) is 17.0. The third-order valence-corrected chi connectivity index (χ3v) is 4.17. The molecule has 2 aliphatic rings. The standard InChI is InChI=1S/C20H14N2O4/c1-11(23)26-20(25)13-7-8-16-14(10-13)18(19(24)22-16)17-9-6-12-4-2-3-5-15(12)21-17/h2-10,21H,1H3,(H,22,24). The van der Waals surface area contributed by atoms with Crippen molar-refractivity contribution in [2.75, 3.05) is 10.6 Å². The lowest BCUT2D eigenvalue weighted by atomic mass is 9.99. The van der Waals surface area contributed by atoms with Crippen LogP contribution in [0.25, 0.3) is 11.6 Å². The Bertz CT molecular complexity index is 1030. The minimum absolute atomic E-state index is 0.203. The van der Waals surface area contributed by atoms with Crippen LogP contribution in [0.3, 0.4) is 0 Å². The third-order valence-electron chi connectivity index (χ3n) is 4.17. The molecule has 128 valence electrons. The summed E-state index contributed by atoms with van der Waals surface area (Å²) in [6.07, 6.45) is 3.75. The molecule has 2 aromatic rings. The molecule has 2 aliphatic heterocycles. The van der Waals surface area contributed by atoms with Crippen molar-refractivity contribution in [3.63, 3.8) is 0 Å². The first-order valence-corrected chi connectivity index (χ1v) is 8.00. The van der Waals surface area contributed by atoms with E-state index in [2.05, 4.69) is 15.4 Å². The van der Waals surface area contributed by atoms with E-state index in [9.17, 15) is 14.4 Å². The maximum absolute atomic E-state index is 12.5. The highest BCUT2D eigenvalue weighted by Gasteiger charge is 2.29. The van der Waals surface area contributed by atoms with Crippen molar-refractivity contribution in [3.05, 3.63) is 70.9 Å². The zero-order valence-electron chi connectivity index (χ0n) is 13.8. The SMILES string of the molecule is CC(=O)OC(=O)c1ccc2c(c1)C(=C1C=Cc3ccccc3N1)C(=O)N2. The number of carbonyl (C=O) groups excluding carboxylic acids is 3. The number of ether oxygens (including phenoxy) is 1. The van der Waals surface area contributed by atoms with Crippen LogP contribution < -0.4 is 10.6 Å². The van der Waals surface area contributed by atoms with E-state index in [-0.39, 0.29) is 11.5 Å². The second-order valence-corrected chi connectivity index (χ2v) is 5.93. The van der Waals surface area contributed by atoms with Gasteiger partial charge < -0.3 is 15.4 Å². The van der Waals surface area contributed by atoms with Crippen molar-refractivity contribution in [2.45, 2.75) is 6.92 Å². The number of para-hydroxylation sites is 1. The number of carbonyl (C=O) groups is 3. The van der Waals surface area contributed by atoms with Crippen molar-refractivity contribution in [1.29, 1.82) is 0 Å². The van der Waals surface area contributed by atoms with E-state index in [1.54, 1.807) is 12.1 Å². The molecule has 6 nitrogen and oxygen atoms in total. The largest absolute Gasteiger partial charge is 0.390 e. The number of rotatable bonds is 1. The molecule has 1 amide bonds. The Morgan fingerprint density at radius 3 is 2.58 bits per heavy atom. The van der Waals surface area contributed by atoms with Gasteiger partial charge in [-0.1, -0.05) is 24.3 Å². The summed E-state index contributed by atoms with van der Waals surface area (Å²) in [7, 11) is 0. The first kappa shape index (κ1) is 15.8. The zero-order chi connectivity index (χ0) is 18.3. The van der Waals surface area contributed by atoms with Gasteiger partial charge in [-0.3, -0.25) is 9.59 Å². The van der Waals surface area contributed by atoms with Gasteiger partial charge in [0.2, 0.25) is 0 Å². The number of fused-ring (bicyclic) bond motifs is 2. The number of anilines is 2. The van der Waals surface area contributed by atoms with E-state index in [1.807, 2.05) is 36.4 Å². The minimum atomic E-state index is -0.749. The molecule has 0 aliphatic carbocycles. The van der Waals surface area contributed by atoms with Gasteiger partial charge in [-0.25, -0.2) is 4.79 Å². The first-order chi connectivity index (χ1) is 12.5. The summed E-state index contributed by atoms with van der Waals surface area (Å²) in [6, 6.07) is 12.4. The summed E-state index contributed by atoms with van der Waals surface area (Å²) in [5.74, 6) is -1.69. The van der Waals surface area contributed by atoms with Crippen LogP contribution in [0.4, 0.5) is 11.4 Å². The summed E-state index contributed by atoms with van der Waals surface area (Å²) in [5, 5.41) is 6.04. The van der Waals surface area contributed by atoms with Crippen molar-refractivity contribution >= 4 is 40.9 Å². The molecule has 0 fully saturated rings. The lowest BCUT2D eigenvalue weighted by Crippen LogP contribution is -2.11. The summed E-state index contributed by atoms with van der Waals surface area (Å²) < 4.78 is 4.62. The fraction of sp³-hybridized carbons (Fsp3) is 0.0500. The lowest BCUT2D eigenvalue weighted by Gasteiger charge is -2.17. The second-order valence-electron chi connectivity index (χ2n) is 5.93. The predicted octanol–water partition coefficient (Wildman–Crippen LogP) is 3.19. The van der Waals surface area contributed by atoms with Gasteiger partial charge in [-0.05, 0) is 35.9 Å². The van der Waals surface area contributed by atoms with Crippen LogP contribution in [-0.4, -0.2) is 17.8 Å². The Morgan fingerprint density at radius 2 is 1.77 bits per heavy atom. The van der Waals surface area contributed by atoms with E-state index in [0.29, 0.717) is 22.5 Å². The molecule has 0 spiro atoms. The smallest absolute Gasteiger partial charge is 0.345 e. The summed E-state index contributed by atoms with van der Waals surface area (Å²) >= 11 is 0. The van der Waals surface area contributed by atoms with Crippen molar-refractivity contribution in [2.24, 2.45) is 0 Å². The number of hydrogen-bond donors (Lipinski definition) is 2. The van der Waals surface area contributed by atoms with Crippen LogP contribution in [0.2, 0.25) is 0 Å². The fourth-order valence-corrected chi connectivity index (χ4v) is 3.01. The summed E-state index contributed by atoms with van der Waals surface area (Å²) in [4.78, 5) is 35.5. The average molecular weight is 346 g/mol. The van der Waals surface area contributed by atoms with E-state index in [4.69, 9.17) is 0 Å². The quantitative estimate of drug-likeness (QED) is 0.471. The van der Waals surface area contributed by atoms with Gasteiger partial charge in [0.1, 0.15) is 0 Å². The monoisotopic (exact) mass is 346 g/mol. The number of benzene rings is 2. The van der Waals surface area contributed by atoms with Crippen LogP contribution in [-0.2, 0) is 14.3 Å². The van der Waals surface area contributed by atoms with Gasteiger partial charge in [0.05, 0.1) is 16.8 Å². The molecule has 2 N–H and O–H groups in total. The van der Waals surface area contributed by atoms with Crippen molar-refractivity contribution in [1.82, 2.24) is 0 Å².